The van der Waals surface area contributed by atoms with Crippen molar-refractivity contribution in [2.24, 2.45) is 4.99 Å². The fraction of sp³-hybridized carbons (Fsp3) is 0.0714. The van der Waals surface area contributed by atoms with E-state index < -0.39 is 0 Å². The molecule has 0 heterocycles. The fourth-order valence-electron chi connectivity index (χ4n) is 1.42. The summed E-state index contributed by atoms with van der Waals surface area (Å²) < 4.78 is 13.3. The van der Waals surface area contributed by atoms with Crippen LogP contribution in [0.25, 0.3) is 0 Å². The zero-order valence-electron chi connectivity index (χ0n) is 10.4. The van der Waals surface area contributed by atoms with Crippen molar-refractivity contribution in [3.05, 3.63) is 54.1 Å². The van der Waals surface area contributed by atoms with Crippen LogP contribution in [0.1, 0.15) is 5.56 Å². The van der Waals surface area contributed by atoms with Crippen molar-refractivity contribution < 1.29 is 30.9 Å². The van der Waals surface area contributed by atoms with E-state index in [2.05, 4.69) is 4.99 Å². The van der Waals surface area contributed by atoms with Crippen LogP contribution in [0.5, 0.6) is 11.5 Å². The summed E-state index contributed by atoms with van der Waals surface area (Å²) in [5.74, 6) is 0.878. The molecular weight excluding hydrogens is 281 g/mol. The Morgan fingerprint density at radius 2 is 1.84 bits per heavy atom. The van der Waals surface area contributed by atoms with Gasteiger partial charge in [-0.25, -0.2) is 0 Å². The first-order valence-electron chi connectivity index (χ1n) is 5.44. The van der Waals surface area contributed by atoms with Gasteiger partial charge in [-0.15, -0.1) is 0 Å². The van der Waals surface area contributed by atoms with E-state index >= 15 is 0 Å². The minimum atomic E-state index is 0.186. The van der Waals surface area contributed by atoms with Crippen LogP contribution in [0.3, 0.4) is 0 Å². The number of benzene rings is 2. The van der Waals surface area contributed by atoms with Gasteiger partial charge in [0.1, 0.15) is 11.5 Å². The second-order valence-electron chi connectivity index (χ2n) is 3.52. The Morgan fingerprint density at radius 1 is 1.16 bits per heavy atom. The Bertz CT molecular complexity index is 544. The van der Waals surface area contributed by atoms with Gasteiger partial charge in [-0.3, -0.25) is 4.99 Å². The van der Waals surface area contributed by atoms with E-state index in [0.29, 0.717) is 11.3 Å². The van der Waals surface area contributed by atoms with Gasteiger partial charge in [-0.2, -0.15) is 0 Å². The van der Waals surface area contributed by atoms with Crippen molar-refractivity contribution in [1.82, 2.24) is 0 Å². The number of methoxy groups -OCH3 is 1. The van der Waals surface area contributed by atoms with E-state index in [9.17, 15) is 5.11 Å². The average molecular weight is 294 g/mol. The molecular formula is C14H13NO3V. The molecule has 0 aliphatic rings. The molecule has 0 aliphatic heterocycles. The van der Waals surface area contributed by atoms with Gasteiger partial charge in [0.15, 0.2) is 0 Å². The van der Waals surface area contributed by atoms with Crippen molar-refractivity contribution in [3.63, 3.8) is 0 Å². The predicted octanol–water partition coefficient (Wildman–Crippen LogP) is 3.03. The van der Waals surface area contributed by atoms with E-state index in [1.165, 1.54) is 0 Å². The molecule has 97 valence electrons. The van der Waals surface area contributed by atoms with Gasteiger partial charge in [0.25, 0.3) is 0 Å². The summed E-state index contributed by atoms with van der Waals surface area (Å²) in [4.78, 5) is 4.27. The molecule has 2 rings (SSSR count). The molecule has 0 saturated carbocycles. The third kappa shape index (κ3) is 4.70. The van der Waals surface area contributed by atoms with E-state index in [0.717, 1.165) is 23.1 Å². The van der Waals surface area contributed by atoms with Gasteiger partial charge in [0.2, 0.25) is 0 Å². The Balaban J connectivity index is 0.000000861. The molecule has 0 atom stereocenters. The second-order valence-corrected chi connectivity index (χ2v) is 3.52. The van der Waals surface area contributed by atoms with Crippen LogP contribution in [-0.4, -0.2) is 18.4 Å². The number of para-hydroxylation sites is 1. The molecule has 2 aromatic rings. The molecule has 0 spiro atoms. The maximum absolute atomic E-state index is 9.66. The van der Waals surface area contributed by atoms with Gasteiger partial charge in [0.05, 0.1) is 12.8 Å². The molecule has 0 aromatic heterocycles. The summed E-state index contributed by atoms with van der Waals surface area (Å²) in [5, 5.41) is 9.66. The molecule has 0 aliphatic carbocycles. The number of ether oxygens (including phenoxy) is 1. The number of aliphatic imine (C=N–C) groups is 1. The molecule has 4 nitrogen and oxygen atoms in total. The minimum absolute atomic E-state index is 0.186. The van der Waals surface area contributed by atoms with E-state index in [1.54, 1.807) is 31.5 Å². The molecule has 0 bridgehead atoms. The van der Waals surface area contributed by atoms with Crippen LogP contribution >= 0.6 is 0 Å². The standard InChI is InChI=1S/C14H13NO2.O.V/c1-17-13-7-8-14(16)11(9-13)10-15-12-5-3-2-4-6-12;;/h2-10,16H,1H3;;. The average Bonchev–Trinajstić information content (AvgIpc) is 2.49. The van der Waals surface area contributed by atoms with Gasteiger partial charge >= 0.3 is 21.0 Å². The zero-order chi connectivity index (χ0) is 14.1. The zero-order valence-corrected chi connectivity index (χ0v) is 11.8. The SMILES string of the molecule is COc1ccc(O)c(C=Nc2ccccc2)c1.[O]=[V]. The van der Waals surface area contributed by atoms with Gasteiger partial charge in [-0.05, 0) is 30.3 Å². The monoisotopic (exact) mass is 294 g/mol. The number of nitrogens with zero attached hydrogens (tertiary/aromatic N) is 1. The topological polar surface area (TPSA) is 58.9 Å². The first-order valence-corrected chi connectivity index (χ1v) is 6.01. The molecule has 0 unspecified atom stereocenters. The fourth-order valence-corrected chi connectivity index (χ4v) is 1.42. The van der Waals surface area contributed by atoms with E-state index in [1.807, 2.05) is 30.3 Å². The second kappa shape index (κ2) is 8.24. The number of phenolic OH excluding ortho intramolecular Hbond substituents is 1. The quantitative estimate of drug-likeness (QED) is 0.885. The van der Waals surface area contributed by atoms with Crippen molar-refractivity contribution in [3.8, 4) is 11.5 Å². The molecule has 1 N–H and O–H groups in total. The molecule has 0 amide bonds. The van der Waals surface area contributed by atoms with Gasteiger partial charge in [0, 0.05) is 11.8 Å². The van der Waals surface area contributed by atoms with Crippen molar-refractivity contribution >= 4 is 11.9 Å². The molecule has 5 heteroatoms. The van der Waals surface area contributed by atoms with Gasteiger partial charge in [-0.1, -0.05) is 18.2 Å². The summed E-state index contributed by atoms with van der Waals surface area (Å²) in [7, 11) is 1.59. The number of hydrogen-bond acceptors (Lipinski definition) is 4. The number of hydrogen-bond donors (Lipinski definition) is 1. The third-order valence-electron chi connectivity index (χ3n) is 2.34. The van der Waals surface area contributed by atoms with Crippen LogP contribution in [0.2, 0.25) is 0 Å². The molecule has 0 radical (unpaired) electrons. The number of phenols is 1. The normalized spacial score (nSPS) is 9.68. The molecule has 19 heavy (non-hydrogen) atoms. The number of rotatable bonds is 3. The predicted molar refractivity (Wildman–Crippen MR) is 69.0 cm³/mol. The maximum atomic E-state index is 9.66. The van der Waals surface area contributed by atoms with Crippen LogP contribution in [0.15, 0.2) is 53.5 Å². The van der Waals surface area contributed by atoms with Crippen LogP contribution in [0.4, 0.5) is 5.69 Å². The third-order valence-corrected chi connectivity index (χ3v) is 2.34. The van der Waals surface area contributed by atoms with Crippen molar-refractivity contribution in [2.75, 3.05) is 7.11 Å². The number of aromatic hydroxyl groups is 1. The first-order chi connectivity index (χ1) is 9.29. The summed E-state index contributed by atoms with van der Waals surface area (Å²) in [5.41, 5.74) is 1.47. The molecule has 0 saturated heterocycles. The summed E-state index contributed by atoms with van der Waals surface area (Å²) in [6.07, 6.45) is 1.62. The summed E-state index contributed by atoms with van der Waals surface area (Å²) in [6.45, 7) is 0. The van der Waals surface area contributed by atoms with E-state index in [-0.39, 0.29) is 5.75 Å². The Morgan fingerprint density at radius 3 is 2.47 bits per heavy atom. The Hall–Kier alpha value is -1.91. The molecule has 2 aromatic carbocycles. The summed E-state index contributed by atoms with van der Waals surface area (Å²) >= 11 is 1.06. The van der Waals surface area contributed by atoms with Crippen molar-refractivity contribution in [2.45, 2.75) is 0 Å². The van der Waals surface area contributed by atoms with E-state index in [4.69, 9.17) is 8.41 Å². The molecule has 0 fully saturated rings. The van der Waals surface area contributed by atoms with Crippen LogP contribution in [0, 0.1) is 0 Å². The first kappa shape index (κ1) is 15.2. The van der Waals surface area contributed by atoms with Crippen LogP contribution in [-0.2, 0) is 21.0 Å². The Labute approximate surface area is 121 Å². The Kier molecular flexibility index (Phi) is 6.57. The van der Waals surface area contributed by atoms with Crippen LogP contribution < -0.4 is 4.74 Å². The van der Waals surface area contributed by atoms with Crippen molar-refractivity contribution in [1.29, 1.82) is 0 Å². The van der Waals surface area contributed by atoms with Gasteiger partial charge < -0.3 is 9.84 Å². The summed E-state index contributed by atoms with van der Waals surface area (Å²) in [6, 6.07) is 14.6.